The predicted octanol–water partition coefficient (Wildman–Crippen LogP) is 2.59. The molecule has 0 bridgehead atoms. The fourth-order valence-corrected chi connectivity index (χ4v) is 3.31. The summed E-state index contributed by atoms with van der Waals surface area (Å²) in [7, 11) is 0. The number of likely N-dealkylation sites (tertiary alicyclic amines) is 1. The number of ether oxygens (including phenoxy) is 1. The fourth-order valence-electron chi connectivity index (χ4n) is 2.77. The van der Waals surface area contributed by atoms with Crippen molar-refractivity contribution < 1.29 is 13.9 Å². The molecule has 3 rings (SSSR count). The summed E-state index contributed by atoms with van der Waals surface area (Å²) < 4.78 is 19.9. The van der Waals surface area contributed by atoms with Crippen molar-refractivity contribution in [1.29, 1.82) is 0 Å². The van der Waals surface area contributed by atoms with E-state index in [1.165, 1.54) is 18.1 Å². The van der Waals surface area contributed by atoms with E-state index in [2.05, 4.69) is 15.0 Å². The van der Waals surface area contributed by atoms with Crippen LogP contribution in [-0.2, 0) is 6.42 Å². The number of hydrogen-bond acceptors (Lipinski definition) is 6. The molecule has 0 radical (unpaired) electrons. The van der Waals surface area contributed by atoms with Gasteiger partial charge in [-0.15, -0.1) is 11.8 Å². The molecule has 2 aromatic rings. The van der Waals surface area contributed by atoms with Gasteiger partial charge < -0.3 is 9.64 Å². The third-order valence-corrected chi connectivity index (χ3v) is 4.78. The zero-order valence-electron chi connectivity index (χ0n) is 14.1. The third kappa shape index (κ3) is 3.73. The minimum Gasteiger partial charge on any atom is -0.470 e. The normalized spacial score (nSPS) is 16.9. The maximum Gasteiger partial charge on any atom is 0.256 e. The number of aryl methyl sites for hydroxylation is 1. The van der Waals surface area contributed by atoms with Crippen LogP contribution in [0.4, 0.5) is 4.39 Å². The monoisotopic (exact) mass is 362 g/mol. The molecule has 1 fully saturated rings. The Balaban J connectivity index is 1.69. The molecule has 25 heavy (non-hydrogen) atoms. The number of amides is 1. The van der Waals surface area contributed by atoms with Crippen molar-refractivity contribution in [2.24, 2.45) is 0 Å². The van der Waals surface area contributed by atoms with Crippen molar-refractivity contribution in [3.05, 3.63) is 41.7 Å². The van der Waals surface area contributed by atoms with Crippen LogP contribution in [0.1, 0.15) is 29.4 Å². The number of aromatic nitrogens is 3. The quantitative estimate of drug-likeness (QED) is 0.762. The first-order chi connectivity index (χ1) is 12.1. The largest absolute Gasteiger partial charge is 0.470 e. The van der Waals surface area contributed by atoms with E-state index in [1.54, 1.807) is 23.2 Å². The summed E-state index contributed by atoms with van der Waals surface area (Å²) in [5, 5.41) is 0.700. The highest BCUT2D eigenvalue weighted by atomic mass is 32.2. The fraction of sp³-hybridized carbons (Fsp3) is 0.412. The Morgan fingerprint density at radius 2 is 2.28 bits per heavy atom. The van der Waals surface area contributed by atoms with Gasteiger partial charge in [0, 0.05) is 19.2 Å². The van der Waals surface area contributed by atoms with Gasteiger partial charge >= 0.3 is 0 Å². The van der Waals surface area contributed by atoms with Crippen LogP contribution in [0.25, 0.3) is 0 Å². The summed E-state index contributed by atoms with van der Waals surface area (Å²) in [5.74, 6) is -0.648. The summed E-state index contributed by atoms with van der Waals surface area (Å²) in [6.45, 7) is 2.77. The van der Waals surface area contributed by atoms with Gasteiger partial charge in [0.2, 0.25) is 5.82 Å². The van der Waals surface area contributed by atoms with Crippen LogP contribution in [0.15, 0.2) is 29.7 Å². The molecule has 8 heteroatoms. The lowest BCUT2D eigenvalue weighted by molar-refractivity contribution is 0.0765. The minimum atomic E-state index is -0.522. The van der Waals surface area contributed by atoms with Gasteiger partial charge in [0.1, 0.15) is 17.5 Å². The van der Waals surface area contributed by atoms with Crippen LogP contribution in [-0.4, -0.2) is 51.2 Å². The van der Waals surface area contributed by atoms with Crippen LogP contribution >= 0.6 is 11.8 Å². The summed E-state index contributed by atoms with van der Waals surface area (Å²) in [4.78, 5) is 26.4. The molecule has 1 amide bonds. The van der Waals surface area contributed by atoms with Gasteiger partial charge in [-0.3, -0.25) is 4.79 Å². The smallest absolute Gasteiger partial charge is 0.256 e. The van der Waals surface area contributed by atoms with Crippen molar-refractivity contribution in [3.63, 3.8) is 0 Å². The molecule has 1 saturated heterocycles. The van der Waals surface area contributed by atoms with Crippen LogP contribution in [0.5, 0.6) is 5.88 Å². The molecule has 1 aliphatic rings. The summed E-state index contributed by atoms with van der Waals surface area (Å²) >= 11 is 1.44. The van der Waals surface area contributed by atoms with E-state index in [0.717, 1.165) is 0 Å². The van der Waals surface area contributed by atoms with Crippen molar-refractivity contribution in [1.82, 2.24) is 19.9 Å². The first-order valence-corrected chi connectivity index (χ1v) is 9.30. The number of nitrogens with zero attached hydrogens (tertiary/aromatic N) is 4. The Hall–Kier alpha value is -2.22. The molecule has 2 aromatic heterocycles. The summed E-state index contributed by atoms with van der Waals surface area (Å²) in [5.41, 5.74) is 0.910. The van der Waals surface area contributed by atoms with Crippen molar-refractivity contribution in [3.8, 4) is 5.88 Å². The molecule has 0 saturated carbocycles. The van der Waals surface area contributed by atoms with E-state index in [4.69, 9.17) is 4.74 Å². The number of halogens is 1. The Labute approximate surface area is 149 Å². The molecule has 0 unspecified atom stereocenters. The second-order valence-corrected chi connectivity index (χ2v) is 6.43. The van der Waals surface area contributed by atoms with E-state index in [1.807, 2.05) is 13.2 Å². The first-order valence-electron chi connectivity index (χ1n) is 8.08. The Morgan fingerprint density at radius 3 is 3.04 bits per heavy atom. The molecular weight excluding hydrogens is 343 g/mol. The molecular formula is C17H19FN4O2S. The number of pyridine rings is 1. The summed E-state index contributed by atoms with van der Waals surface area (Å²) in [6, 6.07) is 3.52. The van der Waals surface area contributed by atoms with Gasteiger partial charge in [-0.2, -0.15) is 9.37 Å². The highest BCUT2D eigenvalue weighted by molar-refractivity contribution is 7.98. The number of carbonyl (C=O) groups excluding carboxylic acids is 1. The molecule has 0 aliphatic carbocycles. The van der Waals surface area contributed by atoms with Crippen LogP contribution in [0.3, 0.4) is 0 Å². The van der Waals surface area contributed by atoms with E-state index in [-0.39, 0.29) is 17.9 Å². The number of rotatable bonds is 5. The zero-order valence-corrected chi connectivity index (χ0v) is 14.9. The third-order valence-electron chi connectivity index (χ3n) is 4.07. The molecule has 3 heterocycles. The number of carbonyl (C=O) groups is 1. The van der Waals surface area contributed by atoms with Crippen LogP contribution in [0, 0.1) is 5.82 Å². The highest BCUT2D eigenvalue weighted by Crippen LogP contribution is 2.24. The Kier molecular flexibility index (Phi) is 5.47. The van der Waals surface area contributed by atoms with Crippen LogP contribution < -0.4 is 4.74 Å². The predicted molar refractivity (Wildman–Crippen MR) is 92.3 cm³/mol. The minimum absolute atomic E-state index is 0.0441. The van der Waals surface area contributed by atoms with Gasteiger partial charge in [0.15, 0.2) is 0 Å². The van der Waals surface area contributed by atoms with Crippen molar-refractivity contribution >= 4 is 17.7 Å². The number of thioether (sulfide) groups is 1. The SMILES string of the molecule is CCc1ncnc(O[C@@H]2CCN(C(=O)c3cccnc3SC)C2)c1F. The Morgan fingerprint density at radius 1 is 1.44 bits per heavy atom. The lowest BCUT2D eigenvalue weighted by Gasteiger charge is -2.18. The van der Waals surface area contributed by atoms with Gasteiger partial charge in [0.25, 0.3) is 11.8 Å². The zero-order chi connectivity index (χ0) is 17.8. The average Bonchev–Trinajstić information content (AvgIpc) is 3.11. The maximum absolute atomic E-state index is 14.2. The van der Waals surface area contributed by atoms with E-state index in [0.29, 0.717) is 42.2 Å². The van der Waals surface area contributed by atoms with Gasteiger partial charge in [-0.05, 0) is 24.8 Å². The molecule has 0 N–H and O–H groups in total. The molecule has 0 aromatic carbocycles. The van der Waals surface area contributed by atoms with Crippen molar-refractivity contribution in [2.75, 3.05) is 19.3 Å². The second kappa shape index (κ2) is 7.77. The topological polar surface area (TPSA) is 68.2 Å². The highest BCUT2D eigenvalue weighted by Gasteiger charge is 2.30. The average molecular weight is 362 g/mol. The van der Waals surface area contributed by atoms with Crippen molar-refractivity contribution in [2.45, 2.75) is 30.9 Å². The van der Waals surface area contributed by atoms with Gasteiger partial charge in [0.05, 0.1) is 17.8 Å². The Bertz CT molecular complexity index is 774. The van der Waals surface area contributed by atoms with Gasteiger partial charge in [-0.25, -0.2) is 9.97 Å². The standard InChI is InChI=1S/C17H19FN4O2S/c1-3-13-14(18)15(21-10-20-13)24-11-6-8-22(9-11)17(23)12-5-4-7-19-16(12)25-2/h4-5,7,10-11H,3,6,8-9H2,1-2H3/t11-/m1/s1. The number of hydrogen-bond donors (Lipinski definition) is 0. The molecule has 1 aliphatic heterocycles. The second-order valence-electron chi connectivity index (χ2n) is 5.63. The summed E-state index contributed by atoms with van der Waals surface area (Å²) in [6.07, 6.45) is 5.67. The molecule has 0 spiro atoms. The van der Waals surface area contributed by atoms with E-state index < -0.39 is 5.82 Å². The lowest BCUT2D eigenvalue weighted by atomic mass is 10.2. The van der Waals surface area contributed by atoms with E-state index >= 15 is 0 Å². The molecule has 6 nitrogen and oxygen atoms in total. The van der Waals surface area contributed by atoms with Crippen LogP contribution in [0.2, 0.25) is 0 Å². The van der Waals surface area contributed by atoms with E-state index in [9.17, 15) is 9.18 Å². The molecule has 1 atom stereocenters. The molecule has 132 valence electrons. The van der Waals surface area contributed by atoms with Gasteiger partial charge in [-0.1, -0.05) is 6.92 Å². The first kappa shape index (κ1) is 17.6. The maximum atomic E-state index is 14.2. The lowest BCUT2D eigenvalue weighted by Crippen LogP contribution is -2.31.